The molecule has 1 aliphatic rings. The quantitative estimate of drug-likeness (QED) is 0.606. The summed E-state index contributed by atoms with van der Waals surface area (Å²) in [6.45, 7) is 4.05. The van der Waals surface area contributed by atoms with Gasteiger partial charge in [-0.1, -0.05) is 6.07 Å². The number of aryl methyl sites for hydroxylation is 1. The highest BCUT2D eigenvalue weighted by Gasteiger charge is 2.39. The first-order valence-corrected chi connectivity index (χ1v) is 10.9. The zero-order valence-corrected chi connectivity index (χ0v) is 18.5. The highest BCUT2D eigenvalue weighted by molar-refractivity contribution is 7.13. The van der Waals surface area contributed by atoms with E-state index in [0.29, 0.717) is 35.7 Å². The first-order chi connectivity index (χ1) is 15.2. The van der Waals surface area contributed by atoms with Gasteiger partial charge >= 0.3 is 6.09 Å². The standard InChI is InChI=1S/C21H23FN6O3S/c1-13-3-4-14(9-15(13)22)25-20(30)31-21(2)5-7-27(12-21)18(29)11-28-17(23)10-16(26-28)19-24-6-8-32-19/h3-4,6,8-10H,5,7,11-12,23H2,1-2H3,(H,25,30)/t21-/m0/s1. The molecule has 9 nitrogen and oxygen atoms in total. The largest absolute Gasteiger partial charge is 0.441 e. The molecule has 1 fully saturated rings. The average Bonchev–Trinajstić information content (AvgIpc) is 3.46. The fourth-order valence-electron chi connectivity index (χ4n) is 3.51. The molecule has 4 rings (SSSR count). The van der Waals surface area contributed by atoms with E-state index in [-0.39, 0.29) is 19.0 Å². The first kappa shape index (κ1) is 21.8. The zero-order valence-electron chi connectivity index (χ0n) is 17.7. The SMILES string of the molecule is Cc1ccc(NC(=O)O[C@@]2(C)CCN(C(=O)Cn3nc(-c4nccs4)cc3N)C2)cc1F. The number of likely N-dealkylation sites (tertiary alicyclic amines) is 1. The Morgan fingerprint density at radius 1 is 1.38 bits per heavy atom. The fraction of sp³-hybridized carbons (Fsp3) is 0.333. The number of carbonyl (C=O) groups is 2. The maximum atomic E-state index is 13.7. The molecule has 0 bridgehead atoms. The molecule has 0 spiro atoms. The summed E-state index contributed by atoms with van der Waals surface area (Å²) in [5, 5.41) is 9.47. The van der Waals surface area contributed by atoms with Crippen molar-refractivity contribution in [3.63, 3.8) is 0 Å². The third-order valence-electron chi connectivity index (χ3n) is 5.29. The van der Waals surface area contributed by atoms with Crippen LogP contribution in [0.4, 0.5) is 20.7 Å². The topological polar surface area (TPSA) is 115 Å². The van der Waals surface area contributed by atoms with Gasteiger partial charge < -0.3 is 15.4 Å². The van der Waals surface area contributed by atoms with Gasteiger partial charge in [0.05, 0.1) is 6.54 Å². The maximum absolute atomic E-state index is 13.7. The molecular weight excluding hydrogens is 435 g/mol. The van der Waals surface area contributed by atoms with Crippen LogP contribution in [-0.4, -0.2) is 50.4 Å². The van der Waals surface area contributed by atoms with Gasteiger partial charge in [0.15, 0.2) is 0 Å². The molecule has 0 unspecified atom stereocenters. The van der Waals surface area contributed by atoms with Gasteiger partial charge in [0, 0.05) is 36.3 Å². The minimum absolute atomic E-state index is 0.0257. The second kappa shape index (κ2) is 8.58. The molecule has 11 heteroatoms. The number of carbonyl (C=O) groups excluding carboxylic acids is 2. The molecule has 1 aromatic carbocycles. The number of hydrogen-bond donors (Lipinski definition) is 2. The van der Waals surface area contributed by atoms with Crippen LogP contribution in [0.25, 0.3) is 10.7 Å². The molecule has 2 aromatic heterocycles. The molecule has 1 saturated heterocycles. The van der Waals surface area contributed by atoms with Crippen LogP contribution in [-0.2, 0) is 16.1 Å². The van der Waals surface area contributed by atoms with Crippen LogP contribution < -0.4 is 11.1 Å². The van der Waals surface area contributed by atoms with Crippen LogP contribution in [0, 0.1) is 12.7 Å². The van der Waals surface area contributed by atoms with E-state index in [1.807, 2.05) is 5.38 Å². The van der Waals surface area contributed by atoms with Crippen LogP contribution in [0.5, 0.6) is 0 Å². The third kappa shape index (κ3) is 4.72. The number of nitrogens with zero attached hydrogens (tertiary/aromatic N) is 4. The minimum Gasteiger partial charge on any atom is -0.441 e. The summed E-state index contributed by atoms with van der Waals surface area (Å²) in [5.41, 5.74) is 6.55. The number of aromatic nitrogens is 3. The number of nitrogens with one attached hydrogen (secondary N) is 1. The van der Waals surface area contributed by atoms with Crippen LogP contribution in [0.1, 0.15) is 18.9 Å². The van der Waals surface area contributed by atoms with Gasteiger partial charge in [0.25, 0.3) is 0 Å². The number of halogens is 1. The van der Waals surface area contributed by atoms with Gasteiger partial charge in [0.2, 0.25) is 5.91 Å². The van der Waals surface area contributed by atoms with E-state index in [9.17, 15) is 14.0 Å². The Hall–Kier alpha value is -3.47. The number of nitrogens with two attached hydrogens (primary N) is 1. The number of nitrogen functional groups attached to an aromatic ring is 1. The van der Waals surface area contributed by atoms with Crippen LogP contribution in [0.15, 0.2) is 35.8 Å². The lowest BCUT2D eigenvalue weighted by Gasteiger charge is -2.25. The predicted octanol–water partition coefficient (Wildman–Crippen LogP) is 3.28. The fourth-order valence-corrected chi connectivity index (χ4v) is 4.10. The number of amides is 2. The Morgan fingerprint density at radius 3 is 2.91 bits per heavy atom. The van der Waals surface area contributed by atoms with Crippen LogP contribution in [0.3, 0.4) is 0 Å². The van der Waals surface area contributed by atoms with E-state index in [1.165, 1.54) is 22.1 Å². The van der Waals surface area contributed by atoms with Crippen LogP contribution >= 0.6 is 11.3 Å². The molecule has 1 atom stereocenters. The number of anilines is 2. The molecule has 0 saturated carbocycles. The Morgan fingerprint density at radius 2 is 2.19 bits per heavy atom. The van der Waals surface area contributed by atoms with Crippen molar-refractivity contribution in [2.45, 2.75) is 32.4 Å². The van der Waals surface area contributed by atoms with E-state index >= 15 is 0 Å². The molecule has 0 aliphatic carbocycles. The van der Waals surface area contributed by atoms with Crippen molar-refractivity contribution in [1.29, 1.82) is 0 Å². The Bertz CT molecular complexity index is 1150. The zero-order chi connectivity index (χ0) is 22.9. The summed E-state index contributed by atoms with van der Waals surface area (Å²) in [6.07, 6.45) is 1.46. The highest BCUT2D eigenvalue weighted by atomic mass is 32.1. The lowest BCUT2D eigenvalue weighted by atomic mass is 10.1. The van der Waals surface area contributed by atoms with Crippen LogP contribution in [0.2, 0.25) is 0 Å². The Labute approximate surface area is 188 Å². The first-order valence-electron chi connectivity index (χ1n) is 9.99. The molecule has 3 aromatic rings. The summed E-state index contributed by atoms with van der Waals surface area (Å²) in [4.78, 5) is 30.9. The van der Waals surface area contributed by atoms with Crippen molar-refractivity contribution in [2.75, 3.05) is 24.1 Å². The van der Waals surface area contributed by atoms with Gasteiger partial charge in [-0.05, 0) is 31.5 Å². The van der Waals surface area contributed by atoms with Crippen molar-refractivity contribution >= 4 is 34.8 Å². The number of thiazole rings is 1. The van der Waals surface area contributed by atoms with Crippen molar-refractivity contribution < 1.29 is 18.7 Å². The average molecular weight is 459 g/mol. The summed E-state index contributed by atoms with van der Waals surface area (Å²) in [7, 11) is 0. The monoisotopic (exact) mass is 458 g/mol. The summed E-state index contributed by atoms with van der Waals surface area (Å²) in [6, 6.07) is 6.09. The molecular formula is C21H23FN6O3S. The minimum atomic E-state index is -0.856. The van der Waals surface area contributed by atoms with Gasteiger partial charge in [-0.2, -0.15) is 5.10 Å². The third-order valence-corrected chi connectivity index (χ3v) is 6.09. The summed E-state index contributed by atoms with van der Waals surface area (Å²) >= 11 is 1.44. The smallest absolute Gasteiger partial charge is 0.412 e. The lowest BCUT2D eigenvalue weighted by molar-refractivity contribution is -0.131. The number of ether oxygens (including phenoxy) is 1. The second-order valence-electron chi connectivity index (χ2n) is 7.94. The van der Waals surface area contributed by atoms with Gasteiger partial charge in [0.1, 0.15) is 34.5 Å². The van der Waals surface area contributed by atoms with Gasteiger partial charge in [-0.15, -0.1) is 11.3 Å². The van der Waals surface area contributed by atoms with E-state index in [2.05, 4.69) is 15.4 Å². The molecule has 0 radical (unpaired) electrons. The molecule has 1 aliphatic heterocycles. The van der Waals surface area contributed by atoms with E-state index in [4.69, 9.17) is 10.5 Å². The molecule has 32 heavy (non-hydrogen) atoms. The maximum Gasteiger partial charge on any atom is 0.412 e. The molecule has 2 amide bonds. The van der Waals surface area contributed by atoms with E-state index in [0.717, 1.165) is 5.01 Å². The van der Waals surface area contributed by atoms with Crippen molar-refractivity contribution in [3.05, 3.63) is 47.2 Å². The molecule has 3 heterocycles. The normalized spacial score (nSPS) is 18.0. The lowest BCUT2D eigenvalue weighted by Crippen LogP contribution is -2.39. The highest BCUT2D eigenvalue weighted by Crippen LogP contribution is 2.27. The Kier molecular flexibility index (Phi) is 5.83. The van der Waals surface area contributed by atoms with E-state index in [1.54, 1.807) is 43.1 Å². The second-order valence-corrected chi connectivity index (χ2v) is 8.84. The van der Waals surface area contributed by atoms with Crippen molar-refractivity contribution in [2.24, 2.45) is 0 Å². The van der Waals surface area contributed by atoms with E-state index < -0.39 is 17.5 Å². The number of rotatable bonds is 5. The summed E-state index contributed by atoms with van der Waals surface area (Å²) < 4.78 is 20.7. The number of benzene rings is 1. The predicted molar refractivity (Wildman–Crippen MR) is 119 cm³/mol. The number of hydrogen-bond acceptors (Lipinski definition) is 7. The van der Waals surface area contributed by atoms with Gasteiger partial charge in [-0.25, -0.2) is 18.9 Å². The molecule has 3 N–H and O–H groups in total. The molecule has 168 valence electrons. The van der Waals surface area contributed by atoms with Gasteiger partial charge in [-0.3, -0.25) is 10.1 Å². The van der Waals surface area contributed by atoms with Crippen molar-refractivity contribution in [1.82, 2.24) is 19.7 Å². The Balaban J connectivity index is 1.34. The summed E-state index contributed by atoms with van der Waals surface area (Å²) in [5.74, 6) is -0.229. The van der Waals surface area contributed by atoms with Crippen molar-refractivity contribution in [3.8, 4) is 10.7 Å².